The number of aromatic nitrogens is 5. The van der Waals surface area contributed by atoms with Gasteiger partial charge in [-0.25, -0.2) is 23.4 Å². The molecule has 0 saturated carbocycles. The first-order chi connectivity index (χ1) is 15.0. The molecule has 7 nitrogen and oxygen atoms in total. The first kappa shape index (κ1) is 18.9. The van der Waals surface area contributed by atoms with Crippen molar-refractivity contribution in [2.24, 2.45) is 0 Å². The summed E-state index contributed by atoms with van der Waals surface area (Å²) >= 11 is 0. The summed E-state index contributed by atoms with van der Waals surface area (Å²) in [5.74, 6) is -0.976. The first-order valence-corrected chi connectivity index (χ1v) is 9.47. The minimum Gasteiger partial charge on any atom is -0.383 e. The molecule has 2 N–H and O–H groups in total. The van der Waals surface area contributed by atoms with Crippen LogP contribution in [0.4, 0.5) is 14.6 Å². The van der Waals surface area contributed by atoms with Gasteiger partial charge in [-0.15, -0.1) is 0 Å². The van der Waals surface area contributed by atoms with Crippen LogP contribution in [0.15, 0.2) is 59.7 Å². The first-order valence-electron chi connectivity index (χ1n) is 9.47. The van der Waals surface area contributed by atoms with E-state index in [4.69, 9.17) is 5.73 Å². The number of halogens is 2. The summed E-state index contributed by atoms with van der Waals surface area (Å²) in [7, 11) is 0. The molecule has 9 heteroatoms. The smallest absolute Gasteiger partial charge is 0.266 e. The zero-order chi connectivity index (χ0) is 21.7. The number of pyridine rings is 1. The van der Waals surface area contributed by atoms with Gasteiger partial charge in [0.2, 0.25) is 0 Å². The molecule has 154 valence electrons. The van der Waals surface area contributed by atoms with Crippen LogP contribution in [0.1, 0.15) is 11.4 Å². The van der Waals surface area contributed by atoms with E-state index in [1.807, 2.05) is 0 Å². The second-order valence-corrected chi connectivity index (χ2v) is 7.13. The van der Waals surface area contributed by atoms with Crippen LogP contribution in [-0.2, 0) is 6.54 Å². The molecule has 31 heavy (non-hydrogen) atoms. The second-order valence-electron chi connectivity index (χ2n) is 7.13. The highest BCUT2D eigenvalue weighted by Crippen LogP contribution is 2.24. The summed E-state index contributed by atoms with van der Waals surface area (Å²) in [4.78, 5) is 21.6. The van der Waals surface area contributed by atoms with Crippen LogP contribution in [0.5, 0.6) is 0 Å². The molecule has 2 aromatic carbocycles. The average molecular weight is 418 g/mol. The Morgan fingerprint density at radius 1 is 1.00 bits per heavy atom. The number of nitrogen functional groups attached to an aromatic ring is 1. The van der Waals surface area contributed by atoms with Crippen molar-refractivity contribution in [3.8, 4) is 5.69 Å². The molecular formula is C22H16F2N6O. The molecule has 0 radical (unpaired) electrons. The van der Waals surface area contributed by atoms with E-state index in [1.54, 1.807) is 29.8 Å². The fourth-order valence-electron chi connectivity index (χ4n) is 3.86. The number of nitrogens with zero attached hydrogens (tertiary/aromatic N) is 5. The maximum Gasteiger partial charge on any atom is 0.266 e. The summed E-state index contributed by atoms with van der Waals surface area (Å²) in [6.07, 6.45) is 1.33. The summed E-state index contributed by atoms with van der Waals surface area (Å²) in [6.45, 7) is 1.86. The van der Waals surface area contributed by atoms with Gasteiger partial charge in [0, 0.05) is 5.69 Å². The molecule has 0 aliphatic rings. The van der Waals surface area contributed by atoms with E-state index in [-0.39, 0.29) is 17.6 Å². The van der Waals surface area contributed by atoms with Crippen LogP contribution < -0.4 is 11.3 Å². The van der Waals surface area contributed by atoms with E-state index in [2.05, 4.69) is 15.1 Å². The normalized spacial score (nSPS) is 11.5. The molecule has 5 rings (SSSR count). The Morgan fingerprint density at radius 2 is 1.77 bits per heavy atom. The van der Waals surface area contributed by atoms with E-state index in [0.29, 0.717) is 33.6 Å². The van der Waals surface area contributed by atoms with Crippen molar-refractivity contribution in [2.75, 3.05) is 5.73 Å². The molecule has 5 aromatic rings. The fourth-order valence-corrected chi connectivity index (χ4v) is 3.86. The highest BCUT2D eigenvalue weighted by Gasteiger charge is 2.19. The van der Waals surface area contributed by atoms with Crippen LogP contribution in [0.3, 0.4) is 0 Å². The zero-order valence-electron chi connectivity index (χ0n) is 16.4. The second kappa shape index (κ2) is 6.98. The number of aryl methyl sites for hydroxylation is 1. The number of fused-ring (bicyclic) bond motifs is 2. The van der Waals surface area contributed by atoms with Gasteiger partial charge in [0.25, 0.3) is 5.56 Å². The third-order valence-electron chi connectivity index (χ3n) is 5.21. The molecule has 0 aliphatic carbocycles. The van der Waals surface area contributed by atoms with Gasteiger partial charge in [-0.1, -0.05) is 24.3 Å². The third kappa shape index (κ3) is 2.93. The lowest BCUT2D eigenvalue weighted by molar-refractivity contribution is 0.604. The Morgan fingerprint density at radius 3 is 2.58 bits per heavy atom. The van der Waals surface area contributed by atoms with Crippen molar-refractivity contribution < 1.29 is 8.78 Å². The van der Waals surface area contributed by atoms with E-state index in [0.717, 1.165) is 0 Å². The molecule has 0 aliphatic heterocycles. The molecule has 0 saturated heterocycles. The fraction of sp³-hybridized carbons (Fsp3) is 0.0909. The Labute approximate surface area is 174 Å². The lowest BCUT2D eigenvalue weighted by atomic mass is 10.1. The van der Waals surface area contributed by atoms with Crippen molar-refractivity contribution in [1.82, 2.24) is 24.3 Å². The highest BCUT2D eigenvalue weighted by atomic mass is 19.1. The van der Waals surface area contributed by atoms with E-state index in [9.17, 15) is 13.6 Å². The molecule has 0 spiro atoms. The predicted molar refractivity (Wildman–Crippen MR) is 113 cm³/mol. The standard InChI is InChI=1S/C22H16F2N6O/c1-12-18-20(25)26-11-27-21(18)29(28-12)10-14-9-13-5-4-7-16(24)19(13)22(31)30(14)17-8-3-2-6-15(17)23/h2-9,11H,10H2,1H3,(H2,25,26,27). The molecule has 0 fully saturated rings. The topological polar surface area (TPSA) is 91.6 Å². The van der Waals surface area contributed by atoms with Crippen LogP contribution >= 0.6 is 0 Å². The van der Waals surface area contributed by atoms with Gasteiger partial charge in [-0.05, 0) is 36.6 Å². The zero-order valence-corrected chi connectivity index (χ0v) is 16.4. The van der Waals surface area contributed by atoms with Crippen LogP contribution in [0.2, 0.25) is 0 Å². The SMILES string of the molecule is Cc1nn(Cc2cc3cccc(F)c3c(=O)n2-c2ccccc2F)c2ncnc(N)c12. The van der Waals surface area contributed by atoms with Gasteiger partial charge in [0.05, 0.1) is 28.7 Å². The summed E-state index contributed by atoms with van der Waals surface area (Å²) < 4.78 is 31.9. The summed E-state index contributed by atoms with van der Waals surface area (Å²) in [5, 5.41) is 5.39. The van der Waals surface area contributed by atoms with Crippen LogP contribution in [0.25, 0.3) is 27.5 Å². The van der Waals surface area contributed by atoms with Crippen molar-refractivity contribution in [3.63, 3.8) is 0 Å². The molecule has 0 amide bonds. The summed E-state index contributed by atoms with van der Waals surface area (Å²) in [6, 6.07) is 11.9. The molecule has 3 aromatic heterocycles. The van der Waals surface area contributed by atoms with Crippen molar-refractivity contribution in [2.45, 2.75) is 13.5 Å². The van der Waals surface area contributed by atoms with Crippen LogP contribution in [-0.4, -0.2) is 24.3 Å². The van der Waals surface area contributed by atoms with Gasteiger partial charge in [0.1, 0.15) is 23.8 Å². The third-order valence-corrected chi connectivity index (χ3v) is 5.21. The van der Waals surface area contributed by atoms with Crippen molar-refractivity contribution >= 4 is 27.6 Å². The Bertz CT molecular complexity index is 1540. The number of benzene rings is 2. The van der Waals surface area contributed by atoms with Crippen molar-refractivity contribution in [3.05, 3.63) is 88.2 Å². The maximum atomic E-state index is 14.7. The molecule has 0 atom stereocenters. The average Bonchev–Trinajstić information content (AvgIpc) is 3.05. The number of nitrogens with two attached hydrogens (primary N) is 1. The highest BCUT2D eigenvalue weighted by molar-refractivity contribution is 5.88. The summed E-state index contributed by atoms with van der Waals surface area (Å²) in [5.41, 5.74) is 6.86. The number of anilines is 1. The van der Waals surface area contributed by atoms with Gasteiger partial charge < -0.3 is 5.73 Å². The minimum absolute atomic E-state index is 0.0231. The largest absolute Gasteiger partial charge is 0.383 e. The molecule has 3 heterocycles. The number of rotatable bonds is 3. The van der Waals surface area contributed by atoms with E-state index in [1.165, 1.54) is 41.2 Å². The molecular weight excluding hydrogens is 402 g/mol. The minimum atomic E-state index is -0.667. The lowest BCUT2D eigenvalue weighted by Crippen LogP contribution is -2.25. The van der Waals surface area contributed by atoms with Gasteiger partial charge >= 0.3 is 0 Å². The predicted octanol–water partition coefficient (Wildman–Crippen LogP) is 3.35. The molecule has 0 unspecified atom stereocenters. The maximum absolute atomic E-state index is 14.7. The number of para-hydroxylation sites is 1. The number of hydrogen-bond acceptors (Lipinski definition) is 5. The number of hydrogen-bond donors (Lipinski definition) is 1. The van der Waals surface area contributed by atoms with Gasteiger partial charge in [-0.2, -0.15) is 5.10 Å². The Hall–Kier alpha value is -4.14. The molecule has 0 bridgehead atoms. The van der Waals surface area contributed by atoms with Crippen molar-refractivity contribution in [1.29, 1.82) is 0 Å². The Kier molecular flexibility index (Phi) is 4.25. The van der Waals surface area contributed by atoms with E-state index >= 15 is 0 Å². The van der Waals surface area contributed by atoms with Gasteiger partial charge in [-0.3, -0.25) is 9.36 Å². The van der Waals surface area contributed by atoms with Gasteiger partial charge in [0.15, 0.2) is 5.65 Å². The quantitative estimate of drug-likeness (QED) is 0.485. The Balaban J connectivity index is 1.82. The van der Waals surface area contributed by atoms with Crippen LogP contribution in [0, 0.1) is 18.6 Å². The lowest BCUT2D eigenvalue weighted by Gasteiger charge is -2.16. The monoisotopic (exact) mass is 418 g/mol. The van der Waals surface area contributed by atoms with E-state index < -0.39 is 17.2 Å².